The van der Waals surface area contributed by atoms with Crippen LogP contribution in [0.25, 0.3) is 44.4 Å². The molecule has 136 valence electrons. The van der Waals surface area contributed by atoms with Gasteiger partial charge in [-0.15, -0.1) is 0 Å². The molecule has 0 fully saturated rings. The van der Waals surface area contributed by atoms with Crippen LogP contribution in [-0.4, -0.2) is 0 Å². The molecule has 1 aliphatic heterocycles. The Morgan fingerprint density at radius 1 is 0.552 bits per heavy atom. The Balaban J connectivity index is 1.61. The van der Waals surface area contributed by atoms with E-state index in [1.165, 1.54) is 50.0 Å². The number of fused-ring (bicyclic) bond motifs is 5. The molecule has 5 aromatic rings. The van der Waals surface area contributed by atoms with E-state index >= 15 is 0 Å². The van der Waals surface area contributed by atoms with Crippen LogP contribution in [0.5, 0.6) is 0 Å². The van der Waals surface area contributed by atoms with Crippen molar-refractivity contribution >= 4 is 10.8 Å². The third-order valence-electron chi connectivity index (χ3n) is 5.93. The number of rotatable bonds is 2. The standard InChI is InChI=1S/C28H20N/c1-3-9-20(10-4-1)22-15-16-26-24(17-22)19-29-27(21-11-5-2-6-12-21)18-23-13-7-8-14-25(23)28(26)29/h1-18H,19H2/q+1. The predicted octanol–water partition coefficient (Wildman–Crippen LogP) is 6.49. The highest BCUT2D eigenvalue weighted by Gasteiger charge is 2.32. The van der Waals surface area contributed by atoms with Crippen LogP contribution in [-0.2, 0) is 6.54 Å². The highest BCUT2D eigenvalue weighted by atomic mass is 15.0. The molecule has 0 aliphatic carbocycles. The Morgan fingerprint density at radius 2 is 1.24 bits per heavy atom. The summed E-state index contributed by atoms with van der Waals surface area (Å²) in [6, 6.07) is 39.4. The molecule has 2 heterocycles. The molecule has 6 rings (SSSR count). The van der Waals surface area contributed by atoms with Crippen LogP contribution in [0.2, 0.25) is 0 Å². The predicted molar refractivity (Wildman–Crippen MR) is 120 cm³/mol. The summed E-state index contributed by atoms with van der Waals surface area (Å²) in [5, 5.41) is 2.61. The fourth-order valence-electron chi connectivity index (χ4n) is 4.57. The van der Waals surface area contributed by atoms with Crippen molar-refractivity contribution in [1.82, 2.24) is 0 Å². The third kappa shape index (κ3) is 2.59. The van der Waals surface area contributed by atoms with Gasteiger partial charge in [0.05, 0.1) is 10.9 Å². The lowest BCUT2D eigenvalue weighted by atomic mass is 9.97. The fraction of sp³-hybridized carbons (Fsp3) is 0.0357. The first-order chi connectivity index (χ1) is 14.4. The molecular weight excluding hydrogens is 350 g/mol. The van der Waals surface area contributed by atoms with Crippen LogP contribution < -0.4 is 4.57 Å². The van der Waals surface area contributed by atoms with E-state index in [9.17, 15) is 0 Å². The molecule has 1 aromatic heterocycles. The molecule has 0 spiro atoms. The highest BCUT2D eigenvalue weighted by molar-refractivity contribution is 5.96. The van der Waals surface area contributed by atoms with E-state index in [-0.39, 0.29) is 0 Å². The van der Waals surface area contributed by atoms with E-state index in [1.807, 2.05) is 0 Å². The Bertz CT molecular complexity index is 1350. The molecule has 29 heavy (non-hydrogen) atoms. The summed E-state index contributed by atoms with van der Waals surface area (Å²) in [4.78, 5) is 0. The third-order valence-corrected chi connectivity index (χ3v) is 5.93. The molecule has 1 heteroatoms. The van der Waals surface area contributed by atoms with Gasteiger partial charge < -0.3 is 0 Å². The largest absolute Gasteiger partial charge is 0.221 e. The second-order valence-electron chi connectivity index (χ2n) is 7.66. The van der Waals surface area contributed by atoms with Gasteiger partial charge in [-0.25, -0.2) is 0 Å². The topological polar surface area (TPSA) is 3.88 Å². The molecule has 0 unspecified atom stereocenters. The van der Waals surface area contributed by atoms with Crippen LogP contribution in [0.1, 0.15) is 5.56 Å². The summed E-state index contributed by atoms with van der Waals surface area (Å²) < 4.78 is 2.48. The maximum Gasteiger partial charge on any atom is 0.221 e. The molecule has 1 aliphatic rings. The first-order valence-electron chi connectivity index (χ1n) is 10.1. The average molecular weight is 370 g/mol. The van der Waals surface area contributed by atoms with Crippen LogP contribution in [0, 0.1) is 0 Å². The molecule has 4 aromatic carbocycles. The average Bonchev–Trinajstić information content (AvgIpc) is 3.19. The quantitative estimate of drug-likeness (QED) is 0.307. The normalized spacial score (nSPS) is 12.0. The van der Waals surface area contributed by atoms with E-state index in [0.29, 0.717) is 0 Å². The van der Waals surface area contributed by atoms with Crippen molar-refractivity contribution in [1.29, 1.82) is 0 Å². The second kappa shape index (κ2) is 6.42. The summed E-state index contributed by atoms with van der Waals surface area (Å²) in [6.07, 6.45) is 0. The maximum atomic E-state index is 2.48. The van der Waals surface area contributed by atoms with Gasteiger partial charge in [-0.1, -0.05) is 72.8 Å². The number of pyridine rings is 1. The molecule has 0 bridgehead atoms. The lowest BCUT2D eigenvalue weighted by molar-refractivity contribution is -0.660. The van der Waals surface area contributed by atoms with E-state index in [1.54, 1.807) is 0 Å². The van der Waals surface area contributed by atoms with Crippen LogP contribution in [0.3, 0.4) is 0 Å². The molecule has 0 N–H and O–H groups in total. The summed E-state index contributed by atoms with van der Waals surface area (Å²) in [7, 11) is 0. The zero-order valence-electron chi connectivity index (χ0n) is 16.0. The molecule has 1 nitrogen and oxygen atoms in total. The molecule has 0 amide bonds. The van der Waals surface area contributed by atoms with E-state index < -0.39 is 0 Å². The highest BCUT2D eigenvalue weighted by Crippen LogP contribution is 2.37. The summed E-state index contributed by atoms with van der Waals surface area (Å²) in [5.74, 6) is 0. The van der Waals surface area contributed by atoms with Crippen LogP contribution in [0.4, 0.5) is 0 Å². The first kappa shape index (κ1) is 16.3. The summed E-state index contributed by atoms with van der Waals surface area (Å²) in [5.41, 5.74) is 9.15. The zero-order valence-corrected chi connectivity index (χ0v) is 16.0. The lowest BCUT2D eigenvalue weighted by Crippen LogP contribution is -2.35. The maximum absolute atomic E-state index is 2.48. The van der Waals surface area contributed by atoms with Gasteiger partial charge in [-0.3, -0.25) is 0 Å². The number of nitrogens with zero attached hydrogens (tertiary/aromatic N) is 1. The van der Waals surface area contributed by atoms with Gasteiger partial charge >= 0.3 is 0 Å². The SMILES string of the molecule is c1ccc(-c2ccc3c(c2)C[n+]2c(-c4ccccc4)cc4ccccc4c2-3)cc1. The Kier molecular flexibility index (Phi) is 3.60. The molecular formula is C28H20N+. The van der Waals surface area contributed by atoms with Gasteiger partial charge in [0.15, 0.2) is 6.54 Å². The van der Waals surface area contributed by atoms with Gasteiger partial charge in [0.2, 0.25) is 11.4 Å². The molecule has 0 saturated carbocycles. The van der Waals surface area contributed by atoms with Gasteiger partial charge in [0, 0.05) is 17.2 Å². The molecule has 0 atom stereocenters. The minimum absolute atomic E-state index is 0.903. The monoisotopic (exact) mass is 370 g/mol. The zero-order chi connectivity index (χ0) is 19.2. The smallest absolute Gasteiger partial charge is 0.186 e. The van der Waals surface area contributed by atoms with E-state index in [4.69, 9.17) is 0 Å². The Hall–Kier alpha value is -3.71. The van der Waals surface area contributed by atoms with Crippen molar-refractivity contribution in [2.45, 2.75) is 6.54 Å². The number of aromatic nitrogens is 1. The summed E-state index contributed by atoms with van der Waals surface area (Å²) in [6.45, 7) is 0.903. The van der Waals surface area contributed by atoms with Crippen LogP contribution >= 0.6 is 0 Å². The van der Waals surface area contributed by atoms with E-state index in [2.05, 4.69) is 114 Å². The van der Waals surface area contributed by atoms with E-state index in [0.717, 1.165) is 6.54 Å². The number of benzene rings is 4. The minimum Gasteiger partial charge on any atom is -0.186 e. The van der Waals surface area contributed by atoms with Crippen molar-refractivity contribution in [3.05, 3.63) is 115 Å². The Morgan fingerprint density at radius 3 is 2.03 bits per heavy atom. The van der Waals surface area contributed by atoms with Crippen molar-refractivity contribution < 1.29 is 4.57 Å². The van der Waals surface area contributed by atoms with Gasteiger partial charge in [-0.2, -0.15) is 4.57 Å². The number of hydrogen-bond donors (Lipinski definition) is 0. The van der Waals surface area contributed by atoms with Gasteiger partial charge in [0.1, 0.15) is 0 Å². The number of hydrogen-bond acceptors (Lipinski definition) is 0. The van der Waals surface area contributed by atoms with Crippen molar-refractivity contribution in [3.63, 3.8) is 0 Å². The van der Waals surface area contributed by atoms with Crippen molar-refractivity contribution in [2.24, 2.45) is 0 Å². The van der Waals surface area contributed by atoms with Crippen LogP contribution in [0.15, 0.2) is 109 Å². The minimum atomic E-state index is 0.903. The fourth-order valence-corrected chi connectivity index (χ4v) is 4.57. The molecule has 0 radical (unpaired) electrons. The second-order valence-corrected chi connectivity index (χ2v) is 7.66. The van der Waals surface area contributed by atoms with Crippen molar-refractivity contribution in [3.8, 4) is 33.6 Å². The molecule has 0 saturated heterocycles. The Labute approximate surface area is 170 Å². The van der Waals surface area contributed by atoms with Gasteiger partial charge in [-0.05, 0) is 46.8 Å². The van der Waals surface area contributed by atoms with Gasteiger partial charge in [0.25, 0.3) is 0 Å². The lowest BCUT2D eigenvalue weighted by Gasteiger charge is -2.07. The first-order valence-corrected chi connectivity index (χ1v) is 10.1. The van der Waals surface area contributed by atoms with Crippen molar-refractivity contribution in [2.75, 3.05) is 0 Å². The summed E-state index contributed by atoms with van der Waals surface area (Å²) >= 11 is 0.